The van der Waals surface area contributed by atoms with E-state index in [1.165, 1.54) is 0 Å². The predicted molar refractivity (Wildman–Crippen MR) is 108 cm³/mol. The largest absolute Gasteiger partial charge is 0.479 e. The Morgan fingerprint density at radius 3 is 2.83 bits per heavy atom. The summed E-state index contributed by atoms with van der Waals surface area (Å²) in [6.07, 6.45) is 11.0. The summed E-state index contributed by atoms with van der Waals surface area (Å²) in [6.45, 7) is 2.01. The number of nitrogens with one attached hydrogen (secondary N) is 1. The lowest BCUT2D eigenvalue weighted by molar-refractivity contribution is 0.399. The molecule has 1 atom stereocenters. The summed E-state index contributed by atoms with van der Waals surface area (Å²) in [5, 5.41) is 7.88. The van der Waals surface area contributed by atoms with Gasteiger partial charge in [-0.05, 0) is 25.1 Å². The Morgan fingerprint density at radius 2 is 2.00 bits per heavy atom. The highest BCUT2D eigenvalue weighted by molar-refractivity contribution is 5.84. The second kappa shape index (κ2) is 6.86. The van der Waals surface area contributed by atoms with E-state index in [0.29, 0.717) is 17.6 Å². The fourth-order valence-corrected chi connectivity index (χ4v) is 3.28. The number of methoxy groups -OCH3 is 1. The molecule has 0 aromatic carbocycles. The molecule has 9 nitrogen and oxygen atoms in total. The average molecular weight is 386 g/mol. The van der Waals surface area contributed by atoms with Crippen molar-refractivity contribution >= 4 is 17.2 Å². The lowest BCUT2D eigenvalue weighted by Crippen LogP contribution is -2.13. The molecule has 144 valence electrons. The second-order valence-corrected chi connectivity index (χ2v) is 6.57. The van der Waals surface area contributed by atoms with Gasteiger partial charge in [-0.25, -0.2) is 14.5 Å². The molecule has 0 fully saturated rings. The summed E-state index contributed by atoms with van der Waals surface area (Å²) in [4.78, 5) is 17.5. The minimum atomic E-state index is -0.0544. The van der Waals surface area contributed by atoms with Crippen LogP contribution in [0.5, 0.6) is 5.88 Å². The Bertz CT molecular complexity index is 1290. The molecule has 5 heterocycles. The maximum atomic E-state index is 5.58. The number of hydrogen-bond donors (Lipinski definition) is 1. The first kappa shape index (κ1) is 17.1. The number of imidazole rings is 1. The molecule has 0 radical (unpaired) electrons. The van der Waals surface area contributed by atoms with Gasteiger partial charge in [0, 0.05) is 48.3 Å². The molecular formula is C20H18N8O. The van der Waals surface area contributed by atoms with E-state index in [9.17, 15) is 0 Å². The zero-order valence-electron chi connectivity index (χ0n) is 15.9. The van der Waals surface area contributed by atoms with Gasteiger partial charge in [-0.1, -0.05) is 6.07 Å². The number of ether oxygens (including phenoxy) is 1. The molecule has 0 bridgehead atoms. The number of hydrogen-bond acceptors (Lipinski definition) is 7. The van der Waals surface area contributed by atoms with Crippen molar-refractivity contribution in [3.63, 3.8) is 0 Å². The Labute approximate surface area is 166 Å². The molecule has 5 aromatic heterocycles. The van der Waals surface area contributed by atoms with Gasteiger partial charge in [-0.2, -0.15) is 4.98 Å². The number of fused-ring (bicyclic) bond motifs is 2. The SMILES string of the molecule is COc1nc(N[C@@H](C)c2ccccn2)nn2ccc(-c3cnc4nccn4c3)c12. The van der Waals surface area contributed by atoms with Gasteiger partial charge in [0.2, 0.25) is 17.6 Å². The van der Waals surface area contributed by atoms with E-state index >= 15 is 0 Å². The molecule has 5 aromatic rings. The van der Waals surface area contributed by atoms with Gasteiger partial charge in [0.25, 0.3) is 0 Å². The first-order chi connectivity index (χ1) is 14.2. The summed E-state index contributed by atoms with van der Waals surface area (Å²) < 4.78 is 9.21. The summed E-state index contributed by atoms with van der Waals surface area (Å²) in [7, 11) is 1.60. The van der Waals surface area contributed by atoms with Gasteiger partial charge in [-0.15, -0.1) is 5.10 Å². The maximum absolute atomic E-state index is 5.58. The second-order valence-electron chi connectivity index (χ2n) is 6.57. The molecule has 0 saturated carbocycles. The van der Waals surface area contributed by atoms with Crippen LogP contribution < -0.4 is 10.1 Å². The van der Waals surface area contributed by atoms with Crippen molar-refractivity contribution in [1.82, 2.24) is 34.0 Å². The van der Waals surface area contributed by atoms with Crippen LogP contribution in [-0.4, -0.2) is 41.1 Å². The van der Waals surface area contributed by atoms with Crippen LogP contribution in [0, 0.1) is 0 Å². The van der Waals surface area contributed by atoms with E-state index in [1.807, 2.05) is 54.2 Å². The number of aromatic nitrogens is 7. The summed E-state index contributed by atoms with van der Waals surface area (Å²) >= 11 is 0. The molecule has 0 unspecified atom stereocenters. The third-order valence-electron chi connectivity index (χ3n) is 4.71. The van der Waals surface area contributed by atoms with Gasteiger partial charge >= 0.3 is 0 Å². The van der Waals surface area contributed by atoms with Crippen molar-refractivity contribution in [2.24, 2.45) is 0 Å². The van der Waals surface area contributed by atoms with Crippen LogP contribution in [0.4, 0.5) is 5.95 Å². The smallest absolute Gasteiger partial charge is 0.244 e. The first-order valence-corrected chi connectivity index (χ1v) is 9.13. The molecule has 1 N–H and O–H groups in total. The summed E-state index contributed by atoms with van der Waals surface area (Å²) in [5.74, 6) is 1.58. The van der Waals surface area contributed by atoms with E-state index < -0.39 is 0 Å². The molecule has 0 amide bonds. The zero-order chi connectivity index (χ0) is 19.8. The van der Waals surface area contributed by atoms with Gasteiger partial charge < -0.3 is 10.1 Å². The van der Waals surface area contributed by atoms with Gasteiger partial charge in [0.1, 0.15) is 5.52 Å². The van der Waals surface area contributed by atoms with Crippen LogP contribution in [0.3, 0.4) is 0 Å². The molecule has 0 aliphatic heterocycles. The highest BCUT2D eigenvalue weighted by atomic mass is 16.5. The Balaban J connectivity index is 1.55. The molecule has 0 saturated heterocycles. The molecule has 0 aliphatic carbocycles. The molecule has 5 rings (SSSR count). The van der Waals surface area contributed by atoms with Crippen molar-refractivity contribution in [2.75, 3.05) is 12.4 Å². The van der Waals surface area contributed by atoms with Gasteiger partial charge in [-0.3, -0.25) is 9.38 Å². The highest BCUT2D eigenvalue weighted by Crippen LogP contribution is 2.31. The lowest BCUT2D eigenvalue weighted by Gasteiger charge is -2.14. The monoisotopic (exact) mass is 386 g/mol. The van der Waals surface area contributed by atoms with Crippen molar-refractivity contribution < 1.29 is 4.74 Å². The quantitative estimate of drug-likeness (QED) is 0.496. The number of rotatable bonds is 5. The predicted octanol–water partition coefficient (Wildman–Crippen LogP) is 3.02. The van der Waals surface area contributed by atoms with Crippen molar-refractivity contribution in [2.45, 2.75) is 13.0 Å². The van der Waals surface area contributed by atoms with Crippen LogP contribution in [0.15, 0.2) is 61.4 Å². The van der Waals surface area contributed by atoms with E-state index in [2.05, 4.69) is 30.4 Å². The van der Waals surface area contributed by atoms with Crippen molar-refractivity contribution in [1.29, 1.82) is 0 Å². The third-order valence-corrected chi connectivity index (χ3v) is 4.71. The number of nitrogens with zero attached hydrogens (tertiary/aromatic N) is 7. The maximum Gasteiger partial charge on any atom is 0.244 e. The molecular weight excluding hydrogens is 368 g/mol. The fourth-order valence-electron chi connectivity index (χ4n) is 3.28. The van der Waals surface area contributed by atoms with E-state index in [-0.39, 0.29) is 6.04 Å². The van der Waals surface area contributed by atoms with Crippen LogP contribution >= 0.6 is 0 Å². The van der Waals surface area contributed by atoms with Crippen LogP contribution in [-0.2, 0) is 0 Å². The normalized spacial score (nSPS) is 12.3. The molecule has 29 heavy (non-hydrogen) atoms. The topological polar surface area (TPSA) is 94.5 Å². The van der Waals surface area contributed by atoms with Crippen LogP contribution in [0.1, 0.15) is 18.7 Å². The minimum Gasteiger partial charge on any atom is -0.479 e. The molecule has 0 aliphatic rings. The van der Waals surface area contributed by atoms with E-state index in [0.717, 1.165) is 22.3 Å². The molecule has 9 heteroatoms. The number of anilines is 1. The van der Waals surface area contributed by atoms with E-state index in [4.69, 9.17) is 4.74 Å². The first-order valence-electron chi connectivity index (χ1n) is 9.13. The van der Waals surface area contributed by atoms with Crippen LogP contribution in [0.25, 0.3) is 22.4 Å². The van der Waals surface area contributed by atoms with Crippen molar-refractivity contribution in [3.05, 3.63) is 67.1 Å². The third kappa shape index (κ3) is 3.02. The standard InChI is InChI=1S/C20H18N8O/c1-13(16-5-3-4-7-21-16)24-19-25-18(29-2)17-15(6-9-28(17)26-19)14-11-23-20-22-8-10-27(20)12-14/h3-13H,1-2H3,(H,24,26)/t13-/m0/s1. The minimum absolute atomic E-state index is 0.0544. The van der Waals surface area contributed by atoms with Crippen LogP contribution in [0.2, 0.25) is 0 Å². The highest BCUT2D eigenvalue weighted by Gasteiger charge is 2.17. The Hall–Kier alpha value is -4.01. The summed E-state index contributed by atoms with van der Waals surface area (Å²) in [5.41, 5.74) is 3.52. The van der Waals surface area contributed by atoms with Gasteiger partial charge in [0.05, 0.1) is 18.8 Å². The summed E-state index contributed by atoms with van der Waals surface area (Å²) in [6, 6.07) is 7.72. The number of pyridine rings is 1. The fraction of sp³-hybridized carbons (Fsp3) is 0.150. The Morgan fingerprint density at radius 1 is 1.07 bits per heavy atom. The Kier molecular flexibility index (Phi) is 4.05. The van der Waals surface area contributed by atoms with Crippen molar-refractivity contribution in [3.8, 4) is 17.0 Å². The lowest BCUT2D eigenvalue weighted by atomic mass is 10.1. The zero-order valence-corrected chi connectivity index (χ0v) is 15.9. The average Bonchev–Trinajstić information content (AvgIpc) is 3.40. The molecule has 0 spiro atoms. The van der Waals surface area contributed by atoms with Gasteiger partial charge in [0.15, 0.2) is 0 Å². The van der Waals surface area contributed by atoms with E-state index in [1.54, 1.807) is 30.2 Å².